The number of likely N-dealkylation sites (tertiary alicyclic amines) is 2. The van der Waals surface area contributed by atoms with Crippen molar-refractivity contribution < 1.29 is 19.4 Å². The molecule has 2 aliphatic rings. The fourth-order valence-electron chi connectivity index (χ4n) is 7.66. The van der Waals surface area contributed by atoms with E-state index in [1.165, 1.54) is 0 Å². The topological polar surface area (TPSA) is 152 Å². The van der Waals surface area contributed by atoms with Gasteiger partial charge in [-0.15, -0.1) is 0 Å². The second kappa shape index (κ2) is 13.8. The number of anilines is 2. The zero-order chi connectivity index (χ0) is 35.9. The molecule has 11 nitrogen and oxygen atoms in total. The normalized spacial score (nSPS) is 18.0. The van der Waals surface area contributed by atoms with Crippen molar-refractivity contribution in [1.82, 2.24) is 24.8 Å². The minimum atomic E-state index is -0.767. The van der Waals surface area contributed by atoms with Crippen LogP contribution in [0.5, 0.6) is 0 Å². The third kappa shape index (κ3) is 6.48. The van der Waals surface area contributed by atoms with Gasteiger partial charge in [0.1, 0.15) is 17.1 Å². The van der Waals surface area contributed by atoms with Crippen LogP contribution in [0.15, 0.2) is 77.5 Å². The lowest BCUT2D eigenvalue weighted by Crippen LogP contribution is -2.22. The number of aliphatic hydroxyl groups excluding tert-OH is 1. The molecule has 0 spiro atoms. The van der Waals surface area contributed by atoms with Gasteiger partial charge >= 0.3 is 5.97 Å². The number of rotatable bonds is 9. The Labute approximate surface area is 301 Å². The number of hydrogen-bond donors (Lipinski definition) is 3. The number of hydrogen-bond acceptors (Lipinski definition) is 10. The molecule has 3 aromatic carbocycles. The largest absolute Gasteiger partial charge is 0.481 e. The number of benzene rings is 3. The van der Waals surface area contributed by atoms with Gasteiger partial charge in [-0.25, -0.2) is 9.97 Å². The first-order chi connectivity index (χ1) is 25.2. The molecule has 0 bridgehead atoms. The molecule has 0 amide bonds. The lowest BCUT2D eigenvalue weighted by Gasteiger charge is -2.17. The minimum absolute atomic E-state index is 0.254. The van der Waals surface area contributed by atoms with Gasteiger partial charge in [-0.05, 0) is 103 Å². The second-order valence-electron chi connectivity index (χ2n) is 14.0. The van der Waals surface area contributed by atoms with Crippen molar-refractivity contribution in [2.24, 2.45) is 5.92 Å². The van der Waals surface area contributed by atoms with Crippen molar-refractivity contribution in [3.63, 3.8) is 0 Å². The van der Waals surface area contributed by atoms with Crippen LogP contribution in [0.1, 0.15) is 40.7 Å². The summed E-state index contributed by atoms with van der Waals surface area (Å²) in [5.74, 6) is -0.0155. The molecule has 0 radical (unpaired) electrons. The molecule has 3 aromatic heterocycles. The van der Waals surface area contributed by atoms with Gasteiger partial charge in [-0.1, -0.05) is 24.3 Å². The van der Waals surface area contributed by atoms with Gasteiger partial charge in [-0.2, -0.15) is 5.26 Å². The molecule has 5 heterocycles. The Morgan fingerprint density at radius 1 is 0.942 bits per heavy atom. The lowest BCUT2D eigenvalue weighted by atomic mass is 9.93. The van der Waals surface area contributed by atoms with Gasteiger partial charge in [0.15, 0.2) is 11.4 Å². The molecule has 11 heteroatoms. The predicted molar refractivity (Wildman–Crippen MR) is 199 cm³/mol. The SMILES string of the molecule is Cc1c(Nc2nccc3cc(CN4CC[C@@H](O)C4)cnc23)cccc1-c1cccc(-c2nc3cc(CN4CCC(C(=O)O)C4)cc(C#N)c3o2)c1C. The van der Waals surface area contributed by atoms with E-state index in [9.17, 15) is 20.3 Å². The monoisotopic (exact) mass is 693 g/mol. The highest BCUT2D eigenvalue weighted by atomic mass is 16.4. The Balaban J connectivity index is 1.07. The number of nitrogens with one attached hydrogen (secondary N) is 1. The number of aliphatic hydroxyl groups is 1. The number of oxazole rings is 1. The zero-order valence-electron chi connectivity index (χ0n) is 29.1. The summed E-state index contributed by atoms with van der Waals surface area (Å²) in [5.41, 5.74) is 10.1. The van der Waals surface area contributed by atoms with E-state index in [0.717, 1.165) is 75.0 Å². The van der Waals surface area contributed by atoms with Gasteiger partial charge in [0.2, 0.25) is 5.89 Å². The van der Waals surface area contributed by atoms with E-state index in [-0.39, 0.29) is 12.0 Å². The van der Waals surface area contributed by atoms with Gasteiger partial charge in [0.05, 0.1) is 17.6 Å². The zero-order valence-corrected chi connectivity index (χ0v) is 29.1. The summed E-state index contributed by atoms with van der Waals surface area (Å²) in [6, 6.07) is 22.4. The van der Waals surface area contributed by atoms with Crippen LogP contribution in [0.3, 0.4) is 0 Å². The Hall–Kier alpha value is -5.67. The van der Waals surface area contributed by atoms with E-state index in [1.807, 2.05) is 48.7 Å². The van der Waals surface area contributed by atoms with Crippen LogP contribution >= 0.6 is 0 Å². The van der Waals surface area contributed by atoms with Crippen LogP contribution in [0, 0.1) is 31.1 Å². The maximum atomic E-state index is 11.5. The quantitative estimate of drug-likeness (QED) is 0.146. The smallest absolute Gasteiger partial charge is 0.307 e. The number of nitrogens with zero attached hydrogens (tertiary/aromatic N) is 6. The maximum absolute atomic E-state index is 11.5. The number of nitriles is 1. The second-order valence-corrected chi connectivity index (χ2v) is 14.0. The summed E-state index contributed by atoms with van der Waals surface area (Å²) in [6.45, 7) is 8.21. The highest BCUT2D eigenvalue weighted by Gasteiger charge is 2.28. The first kappa shape index (κ1) is 33.5. The molecule has 2 fully saturated rings. The molecular formula is C41H39N7O4. The number of fused-ring (bicyclic) bond motifs is 2. The van der Waals surface area contributed by atoms with E-state index < -0.39 is 5.97 Å². The summed E-state index contributed by atoms with van der Waals surface area (Å²) < 4.78 is 6.28. The van der Waals surface area contributed by atoms with E-state index in [4.69, 9.17) is 14.4 Å². The molecule has 0 saturated carbocycles. The third-order valence-electron chi connectivity index (χ3n) is 10.4. The number of aliphatic carboxylic acids is 1. The van der Waals surface area contributed by atoms with E-state index in [0.29, 0.717) is 61.0 Å². The molecule has 2 atom stereocenters. The standard InChI is InChI=1S/C41H39N7O4/c1-24-32(5-3-7-34(24)40-46-36-17-26(15-30(18-42)38(36)52-40)20-47-13-10-29(22-47)41(50)51)33-6-4-8-35(25(33)2)45-39-37-28(9-12-43-39)16-27(19-44-37)21-48-14-11-31(49)23-48/h3-9,12,15-17,19,29,31,49H,10-11,13-14,20-23H2,1-2H3,(H,43,45)(H,50,51)/t29?,31-/m1/s1. The predicted octanol–water partition coefficient (Wildman–Crippen LogP) is 6.81. The Bertz CT molecular complexity index is 2380. The molecule has 262 valence electrons. The van der Waals surface area contributed by atoms with Crippen LogP contribution in [-0.2, 0) is 17.9 Å². The first-order valence-corrected chi connectivity index (χ1v) is 17.6. The van der Waals surface area contributed by atoms with E-state index in [2.05, 4.69) is 58.2 Å². The maximum Gasteiger partial charge on any atom is 0.307 e. The molecule has 0 aliphatic carbocycles. The first-order valence-electron chi connectivity index (χ1n) is 17.6. The van der Waals surface area contributed by atoms with Crippen LogP contribution in [-0.4, -0.2) is 73.2 Å². The fraction of sp³-hybridized carbons (Fsp3) is 0.293. The number of aromatic nitrogens is 3. The van der Waals surface area contributed by atoms with Gasteiger partial charge < -0.3 is 19.9 Å². The summed E-state index contributed by atoms with van der Waals surface area (Å²) >= 11 is 0. The van der Waals surface area contributed by atoms with Crippen LogP contribution in [0.25, 0.3) is 44.6 Å². The van der Waals surface area contributed by atoms with Crippen molar-refractivity contribution >= 4 is 39.5 Å². The van der Waals surface area contributed by atoms with Crippen LogP contribution in [0.4, 0.5) is 11.5 Å². The summed E-state index contributed by atoms with van der Waals surface area (Å²) in [7, 11) is 0. The Kier molecular flexibility index (Phi) is 8.89. The summed E-state index contributed by atoms with van der Waals surface area (Å²) in [6.07, 6.45) is 4.87. The Morgan fingerprint density at radius 3 is 2.46 bits per heavy atom. The fourth-order valence-corrected chi connectivity index (χ4v) is 7.66. The molecular weight excluding hydrogens is 654 g/mol. The molecule has 8 rings (SSSR count). The molecule has 3 N–H and O–H groups in total. The van der Waals surface area contributed by atoms with E-state index >= 15 is 0 Å². The number of carbonyl (C=O) groups is 1. The van der Waals surface area contributed by atoms with Gasteiger partial charge in [-0.3, -0.25) is 19.6 Å². The number of β-amino-alcohol motifs (C(OH)–C–C–N with tert-alkyl or cyclic N) is 1. The molecule has 1 unspecified atom stereocenters. The highest BCUT2D eigenvalue weighted by Crippen LogP contribution is 2.38. The Morgan fingerprint density at radius 2 is 1.69 bits per heavy atom. The molecule has 52 heavy (non-hydrogen) atoms. The van der Waals surface area contributed by atoms with Crippen molar-refractivity contribution in [3.8, 4) is 28.7 Å². The molecule has 6 aromatic rings. The number of carboxylic acids is 1. The summed E-state index contributed by atoms with van der Waals surface area (Å²) in [5, 5.41) is 33.9. The summed E-state index contributed by atoms with van der Waals surface area (Å²) in [4.78, 5) is 30.1. The van der Waals surface area contributed by atoms with Gasteiger partial charge in [0.25, 0.3) is 0 Å². The molecule has 2 aliphatic heterocycles. The minimum Gasteiger partial charge on any atom is -0.481 e. The highest BCUT2D eigenvalue weighted by molar-refractivity contribution is 5.91. The van der Waals surface area contributed by atoms with Gasteiger partial charge in [0, 0.05) is 61.8 Å². The number of carboxylic acid groups (broad SMARTS) is 1. The van der Waals surface area contributed by atoms with Crippen molar-refractivity contribution in [3.05, 3.63) is 101 Å². The molecule has 2 saturated heterocycles. The van der Waals surface area contributed by atoms with Crippen LogP contribution < -0.4 is 5.32 Å². The average molecular weight is 694 g/mol. The van der Waals surface area contributed by atoms with Crippen molar-refractivity contribution in [2.75, 3.05) is 31.5 Å². The third-order valence-corrected chi connectivity index (χ3v) is 10.4. The number of pyridine rings is 2. The van der Waals surface area contributed by atoms with Crippen molar-refractivity contribution in [2.45, 2.75) is 45.9 Å². The van der Waals surface area contributed by atoms with Crippen molar-refractivity contribution in [1.29, 1.82) is 5.26 Å². The lowest BCUT2D eigenvalue weighted by molar-refractivity contribution is -0.141. The van der Waals surface area contributed by atoms with E-state index in [1.54, 1.807) is 6.20 Å². The van der Waals surface area contributed by atoms with Crippen LogP contribution in [0.2, 0.25) is 0 Å². The average Bonchev–Trinajstić information content (AvgIpc) is 3.89.